The van der Waals surface area contributed by atoms with E-state index in [0.717, 1.165) is 5.33 Å². The van der Waals surface area contributed by atoms with E-state index in [2.05, 4.69) is 15.9 Å². The third-order valence-electron chi connectivity index (χ3n) is 3.00. The summed E-state index contributed by atoms with van der Waals surface area (Å²) in [5, 5.41) is 1.03. The lowest BCUT2D eigenvalue weighted by Crippen LogP contribution is -2.14. The topological polar surface area (TPSA) is 12.5 Å². The van der Waals surface area contributed by atoms with Crippen molar-refractivity contribution in [2.24, 2.45) is 0 Å². The molecule has 1 heterocycles. The molecule has 11 heavy (non-hydrogen) atoms. The van der Waals surface area contributed by atoms with Crippen LogP contribution in [0.3, 0.4) is 0 Å². The number of alkyl halides is 1. The molecule has 0 N–H and O–H groups in total. The maximum Gasteiger partial charge on any atom is 0.0970 e. The summed E-state index contributed by atoms with van der Waals surface area (Å²) in [7, 11) is 0. The monoisotopic (exact) mass is 218 g/mol. The molecule has 1 aliphatic heterocycles. The highest BCUT2D eigenvalue weighted by Crippen LogP contribution is 2.47. The van der Waals surface area contributed by atoms with Crippen LogP contribution in [0.25, 0.3) is 0 Å². The van der Waals surface area contributed by atoms with Crippen LogP contribution in [0.15, 0.2) is 0 Å². The van der Waals surface area contributed by atoms with Gasteiger partial charge in [0.15, 0.2) is 0 Å². The van der Waals surface area contributed by atoms with Crippen molar-refractivity contribution in [2.45, 2.75) is 50.2 Å². The van der Waals surface area contributed by atoms with E-state index in [0.29, 0.717) is 11.7 Å². The summed E-state index contributed by atoms with van der Waals surface area (Å²) < 4.78 is 5.73. The van der Waals surface area contributed by atoms with Crippen molar-refractivity contribution in [3.05, 3.63) is 0 Å². The molecular formula is C9H15BrO. The van der Waals surface area contributed by atoms with Gasteiger partial charge in [0.1, 0.15) is 0 Å². The minimum atomic E-state index is 0.333. The predicted octanol–water partition coefficient (Wildman–Crippen LogP) is 2.87. The molecule has 2 fully saturated rings. The number of hydrogen-bond acceptors (Lipinski definition) is 1. The van der Waals surface area contributed by atoms with E-state index in [1.54, 1.807) is 0 Å². The quantitative estimate of drug-likeness (QED) is 0.488. The van der Waals surface area contributed by atoms with Gasteiger partial charge in [0.2, 0.25) is 0 Å². The second-order valence-corrected chi connectivity index (χ2v) is 4.39. The van der Waals surface area contributed by atoms with Crippen molar-refractivity contribution in [1.82, 2.24) is 0 Å². The van der Waals surface area contributed by atoms with Crippen LogP contribution in [-0.2, 0) is 4.74 Å². The van der Waals surface area contributed by atoms with Crippen LogP contribution in [0.4, 0.5) is 0 Å². The first-order valence-corrected chi connectivity index (χ1v) is 5.73. The van der Waals surface area contributed by atoms with Crippen LogP contribution in [0, 0.1) is 0 Å². The molecule has 1 atom stereocenters. The summed E-state index contributed by atoms with van der Waals surface area (Å²) in [6.45, 7) is 0. The lowest BCUT2D eigenvalue weighted by Gasteiger charge is -2.06. The molecule has 1 aliphatic carbocycles. The lowest BCUT2D eigenvalue weighted by atomic mass is 9.97. The van der Waals surface area contributed by atoms with Crippen LogP contribution in [0.2, 0.25) is 0 Å². The Bertz CT molecular complexity index is 138. The van der Waals surface area contributed by atoms with Gasteiger partial charge in [-0.05, 0) is 12.8 Å². The Labute approximate surface area is 76.6 Å². The fourth-order valence-corrected chi connectivity index (χ4v) is 2.91. The SMILES string of the molecule is BrCC1OC12CCCCCC2. The number of ether oxygens (including phenoxy) is 1. The number of rotatable bonds is 1. The first kappa shape index (κ1) is 8.06. The Kier molecular flexibility index (Phi) is 2.24. The molecule has 64 valence electrons. The van der Waals surface area contributed by atoms with Crippen LogP contribution < -0.4 is 0 Å². The molecule has 1 spiro atoms. The molecule has 2 heteroatoms. The van der Waals surface area contributed by atoms with Gasteiger partial charge < -0.3 is 4.74 Å². The van der Waals surface area contributed by atoms with Gasteiger partial charge in [0, 0.05) is 5.33 Å². The third kappa shape index (κ3) is 1.48. The molecule has 0 aromatic carbocycles. The fourth-order valence-electron chi connectivity index (χ4n) is 2.19. The van der Waals surface area contributed by atoms with Crippen LogP contribution in [0.1, 0.15) is 38.5 Å². The molecule has 1 saturated carbocycles. The Hall–Kier alpha value is 0.440. The van der Waals surface area contributed by atoms with Gasteiger partial charge in [-0.25, -0.2) is 0 Å². The minimum absolute atomic E-state index is 0.333. The van der Waals surface area contributed by atoms with Crippen molar-refractivity contribution in [3.63, 3.8) is 0 Å². The molecule has 2 rings (SSSR count). The summed E-state index contributed by atoms with van der Waals surface area (Å²) in [6.07, 6.45) is 8.75. The fraction of sp³-hybridized carbons (Fsp3) is 1.00. The Morgan fingerprint density at radius 1 is 1.18 bits per heavy atom. The van der Waals surface area contributed by atoms with E-state index in [1.807, 2.05) is 0 Å². The second-order valence-electron chi connectivity index (χ2n) is 3.74. The summed E-state index contributed by atoms with van der Waals surface area (Å²) in [5.41, 5.74) is 0.333. The predicted molar refractivity (Wildman–Crippen MR) is 49.1 cm³/mol. The van der Waals surface area contributed by atoms with E-state index in [1.165, 1.54) is 38.5 Å². The van der Waals surface area contributed by atoms with Crippen LogP contribution in [-0.4, -0.2) is 17.0 Å². The average molecular weight is 219 g/mol. The van der Waals surface area contributed by atoms with E-state index < -0.39 is 0 Å². The highest BCUT2D eigenvalue weighted by Gasteiger charge is 2.54. The molecule has 1 saturated heterocycles. The smallest absolute Gasteiger partial charge is 0.0970 e. The lowest BCUT2D eigenvalue weighted by molar-refractivity contribution is 0.271. The Morgan fingerprint density at radius 2 is 1.82 bits per heavy atom. The highest BCUT2D eigenvalue weighted by molar-refractivity contribution is 9.09. The first-order chi connectivity index (χ1) is 5.37. The third-order valence-corrected chi connectivity index (χ3v) is 3.58. The van der Waals surface area contributed by atoms with Crippen LogP contribution >= 0.6 is 15.9 Å². The van der Waals surface area contributed by atoms with E-state index in [9.17, 15) is 0 Å². The maximum absolute atomic E-state index is 5.73. The zero-order valence-corrected chi connectivity index (χ0v) is 8.40. The number of hydrogen-bond donors (Lipinski definition) is 0. The Morgan fingerprint density at radius 3 is 2.27 bits per heavy atom. The summed E-state index contributed by atoms with van der Waals surface area (Å²) >= 11 is 3.49. The Balaban J connectivity index is 1.92. The van der Waals surface area contributed by atoms with E-state index >= 15 is 0 Å². The molecule has 1 unspecified atom stereocenters. The highest BCUT2D eigenvalue weighted by atomic mass is 79.9. The average Bonchev–Trinajstić information content (AvgIpc) is 2.76. The molecule has 0 aromatic heterocycles. The zero-order chi connectivity index (χ0) is 7.73. The largest absolute Gasteiger partial charge is 0.365 e. The van der Waals surface area contributed by atoms with Gasteiger partial charge in [-0.3, -0.25) is 0 Å². The summed E-state index contributed by atoms with van der Waals surface area (Å²) in [5.74, 6) is 0. The molecular weight excluding hydrogens is 204 g/mol. The molecule has 0 bridgehead atoms. The van der Waals surface area contributed by atoms with Crippen LogP contribution in [0.5, 0.6) is 0 Å². The van der Waals surface area contributed by atoms with Crippen molar-refractivity contribution >= 4 is 15.9 Å². The second kappa shape index (κ2) is 3.06. The maximum atomic E-state index is 5.73. The molecule has 0 amide bonds. The van der Waals surface area contributed by atoms with Gasteiger partial charge in [-0.2, -0.15) is 0 Å². The summed E-state index contributed by atoms with van der Waals surface area (Å²) in [4.78, 5) is 0. The zero-order valence-electron chi connectivity index (χ0n) is 6.81. The first-order valence-electron chi connectivity index (χ1n) is 4.61. The van der Waals surface area contributed by atoms with Crippen molar-refractivity contribution in [2.75, 3.05) is 5.33 Å². The van der Waals surface area contributed by atoms with Crippen molar-refractivity contribution in [3.8, 4) is 0 Å². The standard InChI is InChI=1S/C9H15BrO/c10-7-8-9(11-8)5-3-1-2-4-6-9/h8H,1-7H2. The molecule has 2 aliphatic rings. The van der Waals surface area contributed by atoms with Gasteiger partial charge in [-0.1, -0.05) is 41.6 Å². The van der Waals surface area contributed by atoms with Gasteiger partial charge in [0.25, 0.3) is 0 Å². The summed E-state index contributed by atoms with van der Waals surface area (Å²) in [6, 6.07) is 0. The molecule has 0 radical (unpaired) electrons. The molecule has 1 nitrogen and oxygen atoms in total. The van der Waals surface area contributed by atoms with Gasteiger partial charge in [-0.15, -0.1) is 0 Å². The van der Waals surface area contributed by atoms with Gasteiger partial charge in [0.05, 0.1) is 11.7 Å². The normalized spacial score (nSPS) is 35.2. The van der Waals surface area contributed by atoms with E-state index in [-0.39, 0.29) is 0 Å². The van der Waals surface area contributed by atoms with E-state index in [4.69, 9.17) is 4.74 Å². The number of halogens is 1. The van der Waals surface area contributed by atoms with Gasteiger partial charge >= 0.3 is 0 Å². The van der Waals surface area contributed by atoms with Crippen molar-refractivity contribution in [1.29, 1.82) is 0 Å². The number of epoxide rings is 1. The molecule has 0 aromatic rings. The van der Waals surface area contributed by atoms with Crippen molar-refractivity contribution < 1.29 is 4.74 Å². The minimum Gasteiger partial charge on any atom is -0.365 e.